The molecule has 5 aromatic carbocycles. The van der Waals surface area contributed by atoms with Crippen molar-refractivity contribution < 1.29 is 4.74 Å². The first-order chi connectivity index (χ1) is 19.1. The van der Waals surface area contributed by atoms with Crippen molar-refractivity contribution in [3.05, 3.63) is 140 Å². The van der Waals surface area contributed by atoms with Gasteiger partial charge in [-0.2, -0.15) is 9.78 Å². The molecule has 0 aliphatic rings. The van der Waals surface area contributed by atoms with E-state index in [1.807, 2.05) is 103 Å². The molecule has 6 aromatic rings. The van der Waals surface area contributed by atoms with Gasteiger partial charge < -0.3 is 4.74 Å². The van der Waals surface area contributed by atoms with Crippen molar-refractivity contribution in [2.24, 2.45) is 5.10 Å². The first-order valence-electron chi connectivity index (χ1n) is 12.3. The van der Waals surface area contributed by atoms with Gasteiger partial charge in [-0.05, 0) is 41.1 Å². The second-order valence-electron chi connectivity index (χ2n) is 8.90. The predicted octanol–water partition coefficient (Wildman–Crippen LogP) is 8.20. The summed E-state index contributed by atoms with van der Waals surface area (Å²) in [6.45, 7) is 0.361. The van der Waals surface area contributed by atoms with Crippen LogP contribution >= 0.6 is 31.9 Å². The molecule has 1 aromatic heterocycles. The van der Waals surface area contributed by atoms with Crippen molar-refractivity contribution in [3.63, 3.8) is 0 Å². The minimum Gasteiger partial charge on any atom is -0.488 e. The lowest BCUT2D eigenvalue weighted by Crippen LogP contribution is -2.20. The Kier molecular flexibility index (Phi) is 7.09. The van der Waals surface area contributed by atoms with Gasteiger partial charge in [-0.3, -0.25) is 4.79 Å². The Balaban J connectivity index is 1.49. The van der Waals surface area contributed by atoms with Gasteiger partial charge in [0.2, 0.25) is 0 Å². The van der Waals surface area contributed by atoms with Crippen LogP contribution in [0.25, 0.3) is 33.1 Å². The highest BCUT2D eigenvalue weighted by Gasteiger charge is 2.14. The van der Waals surface area contributed by atoms with E-state index in [0.717, 1.165) is 36.4 Å². The molecule has 5 nitrogen and oxygen atoms in total. The summed E-state index contributed by atoms with van der Waals surface area (Å²) in [5, 5.41) is 7.24. The van der Waals surface area contributed by atoms with Crippen molar-refractivity contribution in [1.82, 2.24) is 9.66 Å². The summed E-state index contributed by atoms with van der Waals surface area (Å²) in [6.07, 6.45) is 1.69. The van der Waals surface area contributed by atoms with Crippen LogP contribution in [0.3, 0.4) is 0 Å². The van der Waals surface area contributed by atoms with E-state index in [-0.39, 0.29) is 5.56 Å². The number of benzene rings is 5. The van der Waals surface area contributed by atoms with Crippen molar-refractivity contribution in [1.29, 1.82) is 0 Å². The van der Waals surface area contributed by atoms with Gasteiger partial charge >= 0.3 is 0 Å². The lowest BCUT2D eigenvalue weighted by Gasteiger charge is -2.13. The number of para-hydroxylation sites is 1. The maximum absolute atomic E-state index is 13.6. The fraction of sp³-hybridized carbons (Fsp3) is 0.0312. The van der Waals surface area contributed by atoms with Crippen LogP contribution in [0.1, 0.15) is 11.1 Å². The zero-order valence-electron chi connectivity index (χ0n) is 20.6. The van der Waals surface area contributed by atoms with Crippen LogP contribution < -0.4 is 10.3 Å². The first kappa shape index (κ1) is 25.2. The van der Waals surface area contributed by atoms with Gasteiger partial charge in [0, 0.05) is 25.6 Å². The molecule has 0 amide bonds. The van der Waals surface area contributed by atoms with Gasteiger partial charge in [-0.15, -0.1) is 0 Å². The summed E-state index contributed by atoms with van der Waals surface area (Å²) < 4.78 is 9.63. The molecule has 7 heteroatoms. The molecule has 0 bridgehead atoms. The first-order valence-corrected chi connectivity index (χ1v) is 13.9. The minimum absolute atomic E-state index is 0.239. The highest BCUT2D eigenvalue weighted by molar-refractivity contribution is 9.11. The van der Waals surface area contributed by atoms with E-state index in [1.54, 1.807) is 12.3 Å². The molecule has 190 valence electrons. The Morgan fingerprint density at radius 1 is 0.821 bits per heavy atom. The van der Waals surface area contributed by atoms with Crippen molar-refractivity contribution >= 4 is 59.7 Å². The number of rotatable bonds is 6. The molecular formula is C32H21Br2N3O2. The zero-order chi connectivity index (χ0) is 26.8. The van der Waals surface area contributed by atoms with E-state index >= 15 is 0 Å². The fourth-order valence-electron chi connectivity index (χ4n) is 4.45. The SMILES string of the molecule is O=c1c2ccccc2nc(-c2ccccc2)n1N=Cc1c(OCc2ccc(Br)cc2Br)ccc2ccccc12. The summed E-state index contributed by atoms with van der Waals surface area (Å²) in [7, 11) is 0. The molecule has 0 aliphatic carbocycles. The number of ether oxygens (including phenoxy) is 1. The molecular weight excluding hydrogens is 618 g/mol. The highest BCUT2D eigenvalue weighted by atomic mass is 79.9. The Morgan fingerprint density at radius 2 is 1.56 bits per heavy atom. The number of aromatic nitrogens is 2. The highest BCUT2D eigenvalue weighted by Crippen LogP contribution is 2.29. The normalized spacial score (nSPS) is 11.4. The van der Waals surface area contributed by atoms with Crippen molar-refractivity contribution in [2.45, 2.75) is 6.61 Å². The average molecular weight is 639 g/mol. The number of hydrogen-bond acceptors (Lipinski definition) is 4. The molecule has 0 radical (unpaired) electrons. The lowest BCUT2D eigenvalue weighted by molar-refractivity contribution is 0.305. The Hall–Kier alpha value is -4.07. The van der Waals surface area contributed by atoms with Crippen LogP contribution in [0, 0.1) is 0 Å². The minimum atomic E-state index is -0.239. The third-order valence-corrected chi connectivity index (χ3v) is 7.65. The smallest absolute Gasteiger partial charge is 0.282 e. The standard InChI is InChI=1S/C32H21Br2N3O2/c33-24-16-14-23(28(34)18-24)20-39-30-17-15-21-8-4-5-11-25(21)27(30)19-35-37-31(22-9-2-1-3-10-22)36-29-13-7-6-12-26(29)32(37)38/h1-19H,20H2. The number of fused-ring (bicyclic) bond motifs is 2. The van der Waals surface area contributed by atoms with Crippen molar-refractivity contribution in [2.75, 3.05) is 0 Å². The maximum Gasteiger partial charge on any atom is 0.282 e. The number of hydrogen-bond donors (Lipinski definition) is 0. The number of halogens is 2. The third kappa shape index (κ3) is 5.15. The molecule has 0 spiro atoms. The van der Waals surface area contributed by atoms with E-state index in [9.17, 15) is 4.79 Å². The Bertz CT molecular complexity index is 1920. The Labute approximate surface area is 241 Å². The molecule has 0 saturated heterocycles. The van der Waals surface area contributed by atoms with Crippen LogP contribution in [0.5, 0.6) is 5.75 Å². The Morgan fingerprint density at radius 3 is 2.38 bits per heavy atom. The summed E-state index contributed by atoms with van der Waals surface area (Å²) in [4.78, 5) is 18.4. The monoisotopic (exact) mass is 637 g/mol. The van der Waals surface area contributed by atoms with Gasteiger partial charge in [0.15, 0.2) is 5.82 Å². The molecule has 6 rings (SSSR count). The quantitative estimate of drug-likeness (QED) is 0.173. The van der Waals surface area contributed by atoms with E-state index in [2.05, 4.69) is 31.9 Å². The van der Waals surface area contributed by atoms with Crippen LogP contribution in [0.15, 0.2) is 128 Å². The van der Waals surface area contributed by atoms with E-state index in [1.165, 1.54) is 4.68 Å². The van der Waals surface area contributed by atoms with Crippen LogP contribution in [0.2, 0.25) is 0 Å². The molecule has 0 N–H and O–H groups in total. The lowest BCUT2D eigenvalue weighted by atomic mass is 10.0. The second kappa shape index (κ2) is 11.0. The summed E-state index contributed by atoms with van der Waals surface area (Å²) in [5.41, 5.74) is 2.97. The van der Waals surface area contributed by atoms with E-state index < -0.39 is 0 Å². The maximum atomic E-state index is 13.6. The predicted molar refractivity (Wildman–Crippen MR) is 165 cm³/mol. The molecule has 0 saturated carbocycles. The van der Waals surface area contributed by atoms with Crippen molar-refractivity contribution in [3.8, 4) is 17.1 Å². The van der Waals surface area contributed by atoms with Gasteiger partial charge in [0.1, 0.15) is 12.4 Å². The second-order valence-corrected chi connectivity index (χ2v) is 10.7. The van der Waals surface area contributed by atoms with Gasteiger partial charge in [0.05, 0.1) is 17.1 Å². The fourth-order valence-corrected chi connectivity index (χ4v) is 5.61. The summed E-state index contributed by atoms with van der Waals surface area (Å²) in [5.74, 6) is 1.13. The molecule has 0 unspecified atom stereocenters. The molecule has 0 fully saturated rings. The molecule has 1 heterocycles. The summed E-state index contributed by atoms with van der Waals surface area (Å²) >= 11 is 7.11. The third-order valence-electron chi connectivity index (χ3n) is 6.42. The topological polar surface area (TPSA) is 56.5 Å². The molecule has 0 atom stereocenters. The molecule has 39 heavy (non-hydrogen) atoms. The van der Waals surface area contributed by atoms with Gasteiger partial charge in [0.25, 0.3) is 5.56 Å². The largest absolute Gasteiger partial charge is 0.488 e. The average Bonchev–Trinajstić information content (AvgIpc) is 2.97. The summed E-state index contributed by atoms with van der Waals surface area (Å²) in [6, 6.07) is 34.9. The van der Waals surface area contributed by atoms with Crippen LogP contribution in [0.4, 0.5) is 0 Å². The van der Waals surface area contributed by atoms with Gasteiger partial charge in [-0.25, -0.2) is 4.98 Å². The van der Waals surface area contributed by atoms with Crippen LogP contribution in [-0.4, -0.2) is 15.9 Å². The molecule has 0 aliphatic heterocycles. The van der Waals surface area contributed by atoms with Gasteiger partial charge in [-0.1, -0.05) is 111 Å². The van der Waals surface area contributed by atoms with E-state index in [0.29, 0.717) is 29.1 Å². The van der Waals surface area contributed by atoms with Crippen LogP contribution in [-0.2, 0) is 6.61 Å². The number of nitrogens with zero attached hydrogens (tertiary/aromatic N) is 3. The van der Waals surface area contributed by atoms with E-state index in [4.69, 9.17) is 14.8 Å². The zero-order valence-corrected chi connectivity index (χ0v) is 23.8.